The summed E-state index contributed by atoms with van der Waals surface area (Å²) < 4.78 is 18.6. The summed E-state index contributed by atoms with van der Waals surface area (Å²) in [4.78, 5) is 10.2. The highest BCUT2D eigenvalue weighted by atomic mass is 19.1. The molecule has 5 nitrogen and oxygen atoms in total. The molecule has 1 atom stereocenters. The summed E-state index contributed by atoms with van der Waals surface area (Å²) in [7, 11) is 0. The first kappa shape index (κ1) is 14.0. The summed E-state index contributed by atoms with van der Waals surface area (Å²) in [6, 6.07) is 9.83. The van der Waals surface area contributed by atoms with Gasteiger partial charge >= 0.3 is 5.69 Å². The van der Waals surface area contributed by atoms with E-state index in [0.717, 1.165) is 12.1 Å². The van der Waals surface area contributed by atoms with Crippen LogP contribution in [0.5, 0.6) is 11.5 Å². The topological polar surface area (TPSA) is 78.4 Å². The van der Waals surface area contributed by atoms with Gasteiger partial charge in [-0.05, 0) is 25.1 Å². The number of ether oxygens (including phenoxy) is 1. The quantitative estimate of drug-likeness (QED) is 0.684. The smallest absolute Gasteiger partial charge is 0.314 e. The van der Waals surface area contributed by atoms with Crippen molar-refractivity contribution < 1.29 is 14.1 Å². The van der Waals surface area contributed by atoms with Crippen LogP contribution in [0.25, 0.3) is 0 Å². The van der Waals surface area contributed by atoms with E-state index in [4.69, 9.17) is 10.5 Å². The minimum Gasteiger partial charge on any atom is -0.450 e. The van der Waals surface area contributed by atoms with Gasteiger partial charge in [0, 0.05) is 11.6 Å². The first-order valence-corrected chi connectivity index (χ1v) is 5.95. The van der Waals surface area contributed by atoms with E-state index in [-0.39, 0.29) is 11.8 Å². The van der Waals surface area contributed by atoms with Gasteiger partial charge in [-0.1, -0.05) is 18.2 Å². The molecule has 0 aliphatic heterocycles. The van der Waals surface area contributed by atoms with Crippen molar-refractivity contribution in [1.82, 2.24) is 0 Å². The van der Waals surface area contributed by atoms with E-state index in [1.54, 1.807) is 31.2 Å². The molecule has 0 aromatic heterocycles. The number of nitrogens with zero attached hydrogens (tertiary/aromatic N) is 1. The lowest BCUT2D eigenvalue weighted by molar-refractivity contribution is -0.385. The lowest BCUT2D eigenvalue weighted by atomic mass is 10.1. The second-order valence-corrected chi connectivity index (χ2v) is 4.30. The molecule has 0 radical (unpaired) electrons. The summed E-state index contributed by atoms with van der Waals surface area (Å²) in [6.07, 6.45) is 0. The molecule has 2 aromatic rings. The van der Waals surface area contributed by atoms with Gasteiger partial charge in [-0.3, -0.25) is 10.1 Å². The molecule has 2 N–H and O–H groups in total. The average molecular weight is 276 g/mol. The van der Waals surface area contributed by atoms with Crippen molar-refractivity contribution in [3.63, 3.8) is 0 Å². The van der Waals surface area contributed by atoms with Crippen molar-refractivity contribution in [2.75, 3.05) is 0 Å². The zero-order valence-corrected chi connectivity index (χ0v) is 10.7. The molecule has 0 bridgehead atoms. The SMILES string of the molecule is CC(N)c1ccccc1Oc1ccc(F)cc1[N+](=O)[O-]. The number of rotatable bonds is 4. The molecule has 2 rings (SSSR count). The number of para-hydroxylation sites is 1. The van der Waals surface area contributed by atoms with Crippen LogP contribution in [-0.4, -0.2) is 4.92 Å². The Bertz CT molecular complexity index is 644. The third-order valence-corrected chi connectivity index (χ3v) is 2.75. The van der Waals surface area contributed by atoms with Crippen LogP contribution in [0.1, 0.15) is 18.5 Å². The Hall–Kier alpha value is -2.47. The molecule has 20 heavy (non-hydrogen) atoms. The second kappa shape index (κ2) is 5.66. The minimum atomic E-state index is -0.690. The molecule has 1 unspecified atom stereocenters. The van der Waals surface area contributed by atoms with Gasteiger partial charge < -0.3 is 10.5 Å². The van der Waals surface area contributed by atoms with Gasteiger partial charge in [-0.2, -0.15) is 0 Å². The molecule has 104 valence electrons. The first-order chi connectivity index (χ1) is 9.49. The first-order valence-electron chi connectivity index (χ1n) is 5.95. The Balaban J connectivity index is 2.43. The van der Waals surface area contributed by atoms with Crippen molar-refractivity contribution in [3.05, 3.63) is 64.0 Å². The van der Waals surface area contributed by atoms with Crippen molar-refractivity contribution >= 4 is 5.69 Å². The van der Waals surface area contributed by atoms with Crippen LogP contribution in [0.15, 0.2) is 42.5 Å². The fraction of sp³-hybridized carbons (Fsp3) is 0.143. The number of hydrogen-bond donors (Lipinski definition) is 1. The maximum Gasteiger partial charge on any atom is 0.314 e. The predicted octanol–water partition coefficient (Wildman–Crippen LogP) is 3.55. The van der Waals surface area contributed by atoms with Gasteiger partial charge in [0.25, 0.3) is 0 Å². The predicted molar refractivity (Wildman–Crippen MR) is 72.2 cm³/mol. The van der Waals surface area contributed by atoms with Gasteiger partial charge in [0.05, 0.1) is 11.0 Å². The molecule has 0 spiro atoms. The average Bonchev–Trinajstić information content (AvgIpc) is 2.41. The highest BCUT2D eigenvalue weighted by Gasteiger charge is 2.18. The highest BCUT2D eigenvalue weighted by molar-refractivity contribution is 5.50. The molecule has 0 heterocycles. The maximum atomic E-state index is 13.1. The van der Waals surface area contributed by atoms with E-state index in [9.17, 15) is 14.5 Å². The highest BCUT2D eigenvalue weighted by Crippen LogP contribution is 2.34. The summed E-state index contributed by atoms with van der Waals surface area (Å²) in [6.45, 7) is 1.78. The Morgan fingerprint density at radius 1 is 1.25 bits per heavy atom. The number of halogens is 1. The normalized spacial score (nSPS) is 11.9. The summed E-state index contributed by atoms with van der Waals surface area (Å²) in [5.41, 5.74) is 6.10. The Morgan fingerprint density at radius 3 is 2.60 bits per heavy atom. The van der Waals surface area contributed by atoms with Crippen LogP contribution in [-0.2, 0) is 0 Å². The summed E-state index contributed by atoms with van der Waals surface area (Å²) in [5.74, 6) is -0.300. The molecular weight excluding hydrogens is 263 g/mol. The third kappa shape index (κ3) is 2.92. The Kier molecular flexibility index (Phi) is 3.95. The van der Waals surface area contributed by atoms with Crippen molar-refractivity contribution in [3.8, 4) is 11.5 Å². The Morgan fingerprint density at radius 2 is 1.95 bits per heavy atom. The molecule has 2 aromatic carbocycles. The fourth-order valence-electron chi connectivity index (χ4n) is 1.79. The van der Waals surface area contributed by atoms with Gasteiger partial charge in [0.1, 0.15) is 11.6 Å². The molecule has 0 fully saturated rings. The summed E-state index contributed by atoms with van der Waals surface area (Å²) in [5, 5.41) is 10.9. The third-order valence-electron chi connectivity index (χ3n) is 2.75. The van der Waals surface area contributed by atoms with Crippen LogP contribution < -0.4 is 10.5 Å². The van der Waals surface area contributed by atoms with E-state index >= 15 is 0 Å². The van der Waals surface area contributed by atoms with E-state index in [2.05, 4.69) is 0 Å². The monoisotopic (exact) mass is 276 g/mol. The number of benzene rings is 2. The van der Waals surface area contributed by atoms with E-state index in [1.807, 2.05) is 0 Å². The van der Waals surface area contributed by atoms with Crippen molar-refractivity contribution in [2.24, 2.45) is 5.73 Å². The van der Waals surface area contributed by atoms with E-state index in [1.165, 1.54) is 6.07 Å². The Labute approximate surface area is 114 Å². The van der Waals surface area contributed by atoms with Gasteiger partial charge in [-0.15, -0.1) is 0 Å². The van der Waals surface area contributed by atoms with Crippen molar-refractivity contribution in [2.45, 2.75) is 13.0 Å². The van der Waals surface area contributed by atoms with Crippen molar-refractivity contribution in [1.29, 1.82) is 0 Å². The lowest BCUT2D eigenvalue weighted by Gasteiger charge is -2.13. The number of hydrogen-bond acceptors (Lipinski definition) is 4. The lowest BCUT2D eigenvalue weighted by Crippen LogP contribution is -2.06. The molecule has 0 amide bonds. The van der Waals surface area contributed by atoms with Gasteiger partial charge in [0.15, 0.2) is 0 Å². The van der Waals surface area contributed by atoms with Gasteiger partial charge in [0.2, 0.25) is 5.75 Å². The molecule has 6 heteroatoms. The molecular formula is C14H13FN2O3. The van der Waals surface area contributed by atoms with Crippen LogP contribution >= 0.6 is 0 Å². The van der Waals surface area contributed by atoms with E-state index in [0.29, 0.717) is 11.3 Å². The van der Waals surface area contributed by atoms with Crippen LogP contribution in [0.3, 0.4) is 0 Å². The molecule has 0 aliphatic rings. The van der Waals surface area contributed by atoms with Gasteiger partial charge in [-0.25, -0.2) is 4.39 Å². The minimum absolute atomic E-state index is 0.0236. The maximum absolute atomic E-state index is 13.1. The number of nitrogens with two attached hydrogens (primary N) is 1. The zero-order valence-electron chi connectivity index (χ0n) is 10.7. The molecule has 0 saturated carbocycles. The molecule has 0 aliphatic carbocycles. The van der Waals surface area contributed by atoms with Crippen LogP contribution in [0.4, 0.5) is 10.1 Å². The summed E-state index contributed by atoms with van der Waals surface area (Å²) >= 11 is 0. The fourth-order valence-corrected chi connectivity index (χ4v) is 1.79. The molecule has 0 saturated heterocycles. The van der Waals surface area contributed by atoms with E-state index < -0.39 is 16.4 Å². The standard InChI is InChI=1S/C14H13FN2O3/c1-9(16)11-4-2-3-5-13(11)20-14-7-6-10(15)8-12(14)17(18)19/h2-9H,16H2,1H3. The number of nitro groups is 1. The second-order valence-electron chi connectivity index (χ2n) is 4.30. The van der Waals surface area contributed by atoms with Crippen LogP contribution in [0.2, 0.25) is 0 Å². The largest absolute Gasteiger partial charge is 0.450 e. The van der Waals surface area contributed by atoms with Crippen LogP contribution in [0, 0.1) is 15.9 Å². The number of nitro benzene ring substituents is 1. The zero-order chi connectivity index (χ0) is 14.7.